The number of rotatable bonds is 3. The fraction of sp³-hybridized carbons (Fsp3) is 0.250. The Balaban J connectivity index is 2.16. The third kappa shape index (κ3) is 3.15. The van der Waals surface area contributed by atoms with Crippen LogP contribution in [0.3, 0.4) is 0 Å². The van der Waals surface area contributed by atoms with Crippen LogP contribution in [0.5, 0.6) is 0 Å². The van der Waals surface area contributed by atoms with E-state index < -0.39 is 0 Å². The standard InChI is InChI=1S/C16H18N2O2/c1-10-4-5-11(2)14(8-10)12(3)18-16(20)13-6-7-15(19)17-9-13/h4-9,12H,1-3H3,(H,17,19)(H,18,20)/t12-/m0/s1. The van der Waals surface area contributed by atoms with Gasteiger partial charge in [0.2, 0.25) is 5.56 Å². The van der Waals surface area contributed by atoms with Gasteiger partial charge in [-0.3, -0.25) is 9.59 Å². The monoisotopic (exact) mass is 270 g/mol. The van der Waals surface area contributed by atoms with Gasteiger partial charge in [0, 0.05) is 12.3 Å². The van der Waals surface area contributed by atoms with Gasteiger partial charge in [0.1, 0.15) is 0 Å². The molecule has 2 rings (SSSR count). The number of aryl methyl sites for hydroxylation is 2. The molecule has 0 fully saturated rings. The number of nitrogens with one attached hydrogen (secondary N) is 2. The first kappa shape index (κ1) is 14.1. The minimum absolute atomic E-state index is 0.0886. The maximum absolute atomic E-state index is 12.1. The fourth-order valence-corrected chi connectivity index (χ4v) is 2.14. The van der Waals surface area contributed by atoms with E-state index in [1.165, 1.54) is 18.3 Å². The van der Waals surface area contributed by atoms with Crippen molar-refractivity contribution in [3.05, 3.63) is 69.1 Å². The van der Waals surface area contributed by atoms with Crippen LogP contribution in [0, 0.1) is 13.8 Å². The predicted octanol–water partition coefficient (Wildman–Crippen LogP) is 2.48. The van der Waals surface area contributed by atoms with Crippen LogP contribution in [0.1, 0.15) is 40.0 Å². The highest BCUT2D eigenvalue weighted by Gasteiger charge is 2.13. The van der Waals surface area contributed by atoms with Crippen molar-refractivity contribution in [3.8, 4) is 0 Å². The molecule has 2 N–H and O–H groups in total. The summed E-state index contributed by atoms with van der Waals surface area (Å²) in [4.78, 5) is 25.6. The Morgan fingerprint density at radius 3 is 2.60 bits per heavy atom. The van der Waals surface area contributed by atoms with E-state index in [4.69, 9.17) is 0 Å². The second-order valence-electron chi connectivity index (χ2n) is 5.00. The van der Waals surface area contributed by atoms with Crippen molar-refractivity contribution < 1.29 is 4.79 Å². The zero-order valence-electron chi connectivity index (χ0n) is 11.9. The number of benzene rings is 1. The van der Waals surface area contributed by atoms with Crippen LogP contribution in [0.2, 0.25) is 0 Å². The van der Waals surface area contributed by atoms with Gasteiger partial charge in [-0.25, -0.2) is 0 Å². The van der Waals surface area contributed by atoms with Gasteiger partial charge in [-0.15, -0.1) is 0 Å². The molecule has 0 aliphatic heterocycles. The second-order valence-corrected chi connectivity index (χ2v) is 5.00. The molecule has 0 aliphatic rings. The van der Waals surface area contributed by atoms with Gasteiger partial charge in [-0.1, -0.05) is 23.8 Å². The fourth-order valence-electron chi connectivity index (χ4n) is 2.14. The number of hydrogen-bond donors (Lipinski definition) is 2. The quantitative estimate of drug-likeness (QED) is 0.900. The molecule has 1 aromatic heterocycles. The van der Waals surface area contributed by atoms with Crippen molar-refractivity contribution in [1.29, 1.82) is 0 Å². The molecule has 0 radical (unpaired) electrons. The van der Waals surface area contributed by atoms with E-state index in [-0.39, 0.29) is 17.5 Å². The summed E-state index contributed by atoms with van der Waals surface area (Å²) in [6, 6.07) is 8.95. The lowest BCUT2D eigenvalue weighted by Gasteiger charge is -2.17. The number of carbonyl (C=O) groups is 1. The number of hydrogen-bond acceptors (Lipinski definition) is 2. The highest BCUT2D eigenvalue weighted by atomic mass is 16.2. The molecule has 0 saturated heterocycles. The average Bonchev–Trinajstić information content (AvgIpc) is 2.42. The van der Waals surface area contributed by atoms with Crippen LogP contribution in [-0.4, -0.2) is 10.9 Å². The lowest BCUT2D eigenvalue weighted by atomic mass is 10.00. The molecule has 0 aliphatic carbocycles. The number of carbonyl (C=O) groups excluding carboxylic acids is 1. The lowest BCUT2D eigenvalue weighted by Crippen LogP contribution is -2.27. The number of amides is 1. The summed E-state index contributed by atoms with van der Waals surface area (Å²) >= 11 is 0. The minimum atomic E-state index is -0.218. The summed E-state index contributed by atoms with van der Waals surface area (Å²) in [6.07, 6.45) is 1.42. The molecule has 0 spiro atoms. The third-order valence-corrected chi connectivity index (χ3v) is 3.30. The Hall–Kier alpha value is -2.36. The Morgan fingerprint density at radius 1 is 1.20 bits per heavy atom. The molecule has 1 aromatic carbocycles. The number of aromatic nitrogens is 1. The van der Waals surface area contributed by atoms with Crippen LogP contribution in [0.4, 0.5) is 0 Å². The molecule has 20 heavy (non-hydrogen) atoms. The van der Waals surface area contributed by atoms with Crippen LogP contribution in [-0.2, 0) is 0 Å². The summed E-state index contributed by atoms with van der Waals surface area (Å²) in [6.45, 7) is 6.00. The highest BCUT2D eigenvalue weighted by Crippen LogP contribution is 2.19. The second kappa shape index (κ2) is 5.74. The van der Waals surface area contributed by atoms with E-state index in [1.54, 1.807) is 0 Å². The average molecular weight is 270 g/mol. The van der Waals surface area contributed by atoms with Gasteiger partial charge in [-0.05, 0) is 38.0 Å². The molecule has 1 heterocycles. The Kier molecular flexibility index (Phi) is 4.03. The molecule has 0 bridgehead atoms. The van der Waals surface area contributed by atoms with Gasteiger partial charge in [0.15, 0.2) is 0 Å². The summed E-state index contributed by atoms with van der Waals surface area (Å²) < 4.78 is 0. The first-order chi connectivity index (χ1) is 9.47. The van der Waals surface area contributed by atoms with E-state index in [9.17, 15) is 9.59 Å². The van der Waals surface area contributed by atoms with E-state index in [1.807, 2.05) is 26.8 Å². The minimum Gasteiger partial charge on any atom is -0.345 e. The Labute approximate surface area is 117 Å². The predicted molar refractivity (Wildman–Crippen MR) is 78.9 cm³/mol. The molecular formula is C16H18N2O2. The molecule has 1 atom stereocenters. The first-order valence-electron chi connectivity index (χ1n) is 6.54. The maximum atomic E-state index is 12.1. The number of H-pyrrole nitrogens is 1. The van der Waals surface area contributed by atoms with Gasteiger partial charge in [-0.2, -0.15) is 0 Å². The Morgan fingerprint density at radius 2 is 1.95 bits per heavy atom. The van der Waals surface area contributed by atoms with Gasteiger partial charge >= 0.3 is 0 Å². The molecule has 0 unspecified atom stereocenters. The van der Waals surface area contributed by atoms with Crippen LogP contribution in [0.25, 0.3) is 0 Å². The molecule has 0 saturated carbocycles. The van der Waals surface area contributed by atoms with Crippen LogP contribution < -0.4 is 10.9 Å². The van der Waals surface area contributed by atoms with E-state index in [2.05, 4.69) is 22.4 Å². The lowest BCUT2D eigenvalue weighted by molar-refractivity contribution is 0.0939. The Bertz CT molecular complexity index is 669. The molecule has 4 nitrogen and oxygen atoms in total. The van der Waals surface area contributed by atoms with Crippen molar-refractivity contribution >= 4 is 5.91 Å². The van der Waals surface area contributed by atoms with Crippen LogP contribution in [0.15, 0.2) is 41.3 Å². The zero-order valence-corrected chi connectivity index (χ0v) is 11.9. The van der Waals surface area contributed by atoms with Gasteiger partial charge in [0.05, 0.1) is 11.6 Å². The topological polar surface area (TPSA) is 62.0 Å². The summed E-state index contributed by atoms with van der Waals surface area (Å²) in [5, 5.41) is 2.94. The van der Waals surface area contributed by atoms with Crippen molar-refractivity contribution in [2.75, 3.05) is 0 Å². The van der Waals surface area contributed by atoms with E-state index in [0.29, 0.717) is 5.56 Å². The molecule has 4 heteroatoms. The van der Waals surface area contributed by atoms with Crippen LogP contribution >= 0.6 is 0 Å². The smallest absolute Gasteiger partial charge is 0.253 e. The maximum Gasteiger partial charge on any atom is 0.253 e. The zero-order chi connectivity index (χ0) is 14.7. The summed E-state index contributed by atoms with van der Waals surface area (Å²) in [7, 11) is 0. The SMILES string of the molecule is Cc1ccc(C)c([C@H](C)NC(=O)c2ccc(=O)[nH]c2)c1. The van der Waals surface area contributed by atoms with Crippen molar-refractivity contribution in [2.45, 2.75) is 26.8 Å². The largest absolute Gasteiger partial charge is 0.345 e. The summed E-state index contributed by atoms with van der Waals surface area (Å²) in [5.41, 5.74) is 3.63. The molecule has 104 valence electrons. The van der Waals surface area contributed by atoms with Gasteiger partial charge in [0.25, 0.3) is 5.91 Å². The normalized spacial score (nSPS) is 11.9. The number of aromatic amines is 1. The summed E-state index contributed by atoms with van der Waals surface area (Å²) in [5.74, 6) is -0.199. The van der Waals surface area contributed by atoms with E-state index >= 15 is 0 Å². The van der Waals surface area contributed by atoms with Crippen molar-refractivity contribution in [3.63, 3.8) is 0 Å². The first-order valence-corrected chi connectivity index (χ1v) is 6.54. The van der Waals surface area contributed by atoms with Gasteiger partial charge < -0.3 is 10.3 Å². The number of pyridine rings is 1. The molecular weight excluding hydrogens is 252 g/mol. The molecule has 1 amide bonds. The highest BCUT2D eigenvalue weighted by molar-refractivity contribution is 5.94. The van der Waals surface area contributed by atoms with Crippen molar-refractivity contribution in [1.82, 2.24) is 10.3 Å². The molecule has 2 aromatic rings. The van der Waals surface area contributed by atoms with E-state index in [0.717, 1.165) is 16.7 Å². The van der Waals surface area contributed by atoms with Crippen molar-refractivity contribution in [2.24, 2.45) is 0 Å². The third-order valence-electron chi connectivity index (χ3n) is 3.30.